The van der Waals surface area contributed by atoms with Crippen LogP contribution in [0.2, 0.25) is 0 Å². The van der Waals surface area contributed by atoms with E-state index < -0.39 is 11.7 Å². The number of anilines is 1. The number of nitrogens with one attached hydrogen (secondary N) is 1. The maximum Gasteiger partial charge on any atom is 0.416 e. The van der Waals surface area contributed by atoms with Gasteiger partial charge in [0.05, 0.1) is 11.1 Å². The summed E-state index contributed by atoms with van der Waals surface area (Å²) in [4.78, 5) is 14.1. The Bertz CT molecular complexity index is 528. The smallest absolute Gasteiger partial charge is 0.385 e. The molecule has 1 aliphatic heterocycles. The average Bonchev–Trinajstić information content (AvgIpc) is 2.84. The quantitative estimate of drug-likeness (QED) is 0.924. The Kier molecular flexibility index (Phi) is 4.44. The number of rotatable bonds is 3. The van der Waals surface area contributed by atoms with Gasteiger partial charge in [-0.2, -0.15) is 13.2 Å². The zero-order valence-corrected chi connectivity index (χ0v) is 12.1. The van der Waals surface area contributed by atoms with Crippen molar-refractivity contribution in [2.45, 2.75) is 26.4 Å². The van der Waals surface area contributed by atoms with Crippen molar-refractivity contribution in [2.24, 2.45) is 5.92 Å². The van der Waals surface area contributed by atoms with Crippen LogP contribution >= 0.6 is 0 Å². The molecule has 1 saturated heterocycles. The number of amides is 1. The lowest BCUT2D eigenvalue weighted by molar-refractivity contribution is -0.137. The number of alkyl halides is 3. The first kappa shape index (κ1) is 15.7. The van der Waals surface area contributed by atoms with Gasteiger partial charge < -0.3 is 10.2 Å². The van der Waals surface area contributed by atoms with Gasteiger partial charge in [0.2, 0.25) is 0 Å². The standard InChI is InChI=1S/C15H19F3N2O/c1-3-19-13-5-4-11(15(16,17)18)8-12(13)14(21)20-7-6-10(2)9-20/h4-5,8,10,19H,3,6-7,9H2,1-2H3. The van der Waals surface area contributed by atoms with Crippen molar-refractivity contribution < 1.29 is 18.0 Å². The van der Waals surface area contributed by atoms with Crippen LogP contribution in [-0.2, 0) is 6.18 Å². The van der Waals surface area contributed by atoms with Crippen molar-refractivity contribution in [1.29, 1.82) is 0 Å². The molecule has 0 bridgehead atoms. The molecule has 1 heterocycles. The Morgan fingerprint density at radius 3 is 2.67 bits per heavy atom. The lowest BCUT2D eigenvalue weighted by Crippen LogP contribution is -2.29. The van der Waals surface area contributed by atoms with Gasteiger partial charge >= 0.3 is 6.18 Å². The van der Waals surface area contributed by atoms with E-state index in [0.717, 1.165) is 18.6 Å². The van der Waals surface area contributed by atoms with E-state index in [1.165, 1.54) is 6.07 Å². The van der Waals surface area contributed by atoms with Gasteiger partial charge in [0.15, 0.2) is 0 Å². The molecule has 1 unspecified atom stereocenters. The lowest BCUT2D eigenvalue weighted by atomic mass is 10.1. The van der Waals surface area contributed by atoms with E-state index in [4.69, 9.17) is 0 Å². The number of likely N-dealkylation sites (tertiary alicyclic amines) is 1. The third-order valence-corrected chi connectivity index (χ3v) is 3.66. The van der Waals surface area contributed by atoms with Crippen molar-refractivity contribution in [3.63, 3.8) is 0 Å². The number of carbonyl (C=O) groups is 1. The molecule has 6 heteroatoms. The molecule has 116 valence electrons. The largest absolute Gasteiger partial charge is 0.416 e. The fourth-order valence-electron chi connectivity index (χ4n) is 2.53. The summed E-state index contributed by atoms with van der Waals surface area (Å²) >= 11 is 0. The SMILES string of the molecule is CCNc1ccc(C(F)(F)F)cc1C(=O)N1CCC(C)C1. The molecule has 3 nitrogen and oxygen atoms in total. The van der Waals surface area contributed by atoms with Crippen LogP contribution in [0, 0.1) is 5.92 Å². The highest BCUT2D eigenvalue weighted by atomic mass is 19.4. The number of carbonyl (C=O) groups excluding carboxylic acids is 1. The molecule has 1 aliphatic rings. The number of nitrogens with zero attached hydrogens (tertiary/aromatic N) is 1. The normalized spacial score (nSPS) is 18.9. The summed E-state index contributed by atoms with van der Waals surface area (Å²) in [7, 11) is 0. The molecule has 0 radical (unpaired) electrons. The van der Waals surface area contributed by atoms with Gasteiger partial charge in [0.1, 0.15) is 0 Å². The Morgan fingerprint density at radius 1 is 1.43 bits per heavy atom. The predicted octanol–water partition coefficient (Wildman–Crippen LogP) is 3.62. The van der Waals surface area contributed by atoms with E-state index in [9.17, 15) is 18.0 Å². The van der Waals surface area contributed by atoms with Crippen LogP contribution in [0.25, 0.3) is 0 Å². The summed E-state index contributed by atoms with van der Waals surface area (Å²) in [6.45, 7) is 5.61. The highest BCUT2D eigenvalue weighted by Gasteiger charge is 2.33. The van der Waals surface area contributed by atoms with Gasteiger partial charge in [-0.3, -0.25) is 4.79 Å². The molecule has 0 aromatic heterocycles. The van der Waals surface area contributed by atoms with Crippen molar-refractivity contribution in [2.75, 3.05) is 25.0 Å². The van der Waals surface area contributed by atoms with Gasteiger partial charge in [-0.25, -0.2) is 0 Å². The minimum atomic E-state index is -4.45. The van der Waals surface area contributed by atoms with E-state index in [0.29, 0.717) is 31.2 Å². The third-order valence-electron chi connectivity index (χ3n) is 3.66. The molecular weight excluding hydrogens is 281 g/mol. The molecule has 1 fully saturated rings. The maximum atomic E-state index is 12.8. The van der Waals surface area contributed by atoms with Crippen LogP contribution in [0.15, 0.2) is 18.2 Å². The maximum absolute atomic E-state index is 12.8. The molecule has 1 aromatic rings. The Hall–Kier alpha value is -1.72. The molecular formula is C15H19F3N2O. The first-order valence-corrected chi connectivity index (χ1v) is 7.07. The van der Waals surface area contributed by atoms with E-state index in [-0.39, 0.29) is 11.5 Å². The summed E-state index contributed by atoms with van der Waals surface area (Å²) < 4.78 is 38.5. The summed E-state index contributed by atoms with van der Waals surface area (Å²) in [6, 6.07) is 3.28. The minimum absolute atomic E-state index is 0.0979. The summed E-state index contributed by atoms with van der Waals surface area (Å²) in [5.41, 5.74) is -0.240. The number of hydrogen-bond acceptors (Lipinski definition) is 2. The molecule has 1 N–H and O–H groups in total. The van der Waals surface area contributed by atoms with Crippen LogP contribution in [0.5, 0.6) is 0 Å². The Morgan fingerprint density at radius 2 is 2.14 bits per heavy atom. The lowest BCUT2D eigenvalue weighted by Gasteiger charge is -2.20. The second-order valence-corrected chi connectivity index (χ2v) is 5.43. The van der Waals surface area contributed by atoms with Crippen LogP contribution in [0.4, 0.5) is 18.9 Å². The van der Waals surface area contributed by atoms with Gasteiger partial charge in [-0.1, -0.05) is 6.92 Å². The predicted molar refractivity (Wildman–Crippen MR) is 75.3 cm³/mol. The molecule has 21 heavy (non-hydrogen) atoms. The van der Waals surface area contributed by atoms with Crippen LogP contribution < -0.4 is 5.32 Å². The molecule has 2 rings (SSSR count). The second-order valence-electron chi connectivity index (χ2n) is 5.43. The van der Waals surface area contributed by atoms with Crippen molar-refractivity contribution in [3.8, 4) is 0 Å². The molecule has 1 atom stereocenters. The Labute approximate surface area is 122 Å². The van der Waals surface area contributed by atoms with Gasteiger partial charge in [0.25, 0.3) is 5.91 Å². The van der Waals surface area contributed by atoms with Gasteiger partial charge in [-0.15, -0.1) is 0 Å². The number of halogens is 3. The summed E-state index contributed by atoms with van der Waals surface area (Å²) in [6.07, 6.45) is -3.56. The van der Waals surface area contributed by atoms with Crippen molar-refractivity contribution in [1.82, 2.24) is 4.90 Å². The highest BCUT2D eigenvalue weighted by molar-refractivity contribution is 6.00. The summed E-state index contributed by atoms with van der Waals surface area (Å²) in [5, 5.41) is 2.96. The first-order valence-electron chi connectivity index (χ1n) is 7.07. The van der Waals surface area contributed by atoms with Crippen molar-refractivity contribution in [3.05, 3.63) is 29.3 Å². The van der Waals surface area contributed by atoms with Gasteiger partial charge in [-0.05, 0) is 37.5 Å². The average molecular weight is 300 g/mol. The highest BCUT2D eigenvalue weighted by Crippen LogP contribution is 2.32. The number of hydrogen-bond donors (Lipinski definition) is 1. The molecule has 1 aromatic carbocycles. The molecule has 0 saturated carbocycles. The van der Waals surface area contributed by atoms with Crippen molar-refractivity contribution >= 4 is 11.6 Å². The number of benzene rings is 1. The minimum Gasteiger partial charge on any atom is -0.385 e. The van der Waals surface area contributed by atoms with Crippen LogP contribution in [-0.4, -0.2) is 30.4 Å². The third kappa shape index (κ3) is 3.49. The molecule has 0 spiro atoms. The van der Waals surface area contributed by atoms with Gasteiger partial charge in [0, 0.05) is 25.3 Å². The second kappa shape index (κ2) is 5.95. The molecule has 0 aliphatic carbocycles. The fraction of sp³-hybridized carbons (Fsp3) is 0.533. The van der Waals surface area contributed by atoms with E-state index in [1.54, 1.807) is 4.90 Å². The van der Waals surface area contributed by atoms with E-state index in [2.05, 4.69) is 5.32 Å². The van der Waals surface area contributed by atoms with E-state index in [1.807, 2.05) is 13.8 Å². The fourth-order valence-corrected chi connectivity index (χ4v) is 2.53. The van der Waals surface area contributed by atoms with Crippen LogP contribution in [0.3, 0.4) is 0 Å². The monoisotopic (exact) mass is 300 g/mol. The van der Waals surface area contributed by atoms with E-state index >= 15 is 0 Å². The molecule has 1 amide bonds. The zero-order valence-electron chi connectivity index (χ0n) is 12.1. The first-order chi connectivity index (χ1) is 9.82. The zero-order chi connectivity index (χ0) is 15.6. The Balaban J connectivity index is 2.36. The van der Waals surface area contributed by atoms with Crippen LogP contribution in [0.1, 0.15) is 36.2 Å². The topological polar surface area (TPSA) is 32.3 Å². The summed E-state index contributed by atoms with van der Waals surface area (Å²) in [5.74, 6) is 0.0590.